The van der Waals surface area contributed by atoms with Gasteiger partial charge in [-0.2, -0.15) is 0 Å². The second-order valence-corrected chi connectivity index (χ2v) is 7.34. The van der Waals surface area contributed by atoms with Gasteiger partial charge in [0.2, 0.25) is 5.91 Å². The molecule has 136 valence electrons. The number of nitrogens with zero attached hydrogens (tertiary/aromatic N) is 3. The number of rotatable bonds is 5. The largest absolute Gasteiger partial charge is 0.360 e. The van der Waals surface area contributed by atoms with Crippen molar-refractivity contribution in [3.05, 3.63) is 59.8 Å². The van der Waals surface area contributed by atoms with Crippen LogP contribution in [0.3, 0.4) is 0 Å². The molecule has 0 aliphatic carbocycles. The van der Waals surface area contributed by atoms with E-state index in [-0.39, 0.29) is 11.7 Å². The van der Waals surface area contributed by atoms with E-state index in [1.54, 1.807) is 24.3 Å². The van der Waals surface area contributed by atoms with E-state index in [0.29, 0.717) is 15.9 Å². The molecule has 0 spiro atoms. The molecule has 0 radical (unpaired) electrons. The molecule has 0 aliphatic rings. The van der Waals surface area contributed by atoms with Crippen LogP contribution in [0.1, 0.15) is 0 Å². The molecule has 2 heterocycles. The first-order valence-electron chi connectivity index (χ1n) is 8.26. The Morgan fingerprint density at radius 2 is 1.96 bits per heavy atom. The van der Waals surface area contributed by atoms with Crippen molar-refractivity contribution < 1.29 is 4.79 Å². The number of nitrogens with one attached hydrogen (secondary N) is 2. The van der Waals surface area contributed by atoms with Crippen molar-refractivity contribution in [1.82, 2.24) is 19.7 Å². The van der Waals surface area contributed by atoms with E-state index in [9.17, 15) is 4.79 Å². The zero-order chi connectivity index (χ0) is 18.8. The summed E-state index contributed by atoms with van der Waals surface area (Å²) in [7, 11) is 1.90. The second-order valence-electron chi connectivity index (χ2n) is 5.96. The van der Waals surface area contributed by atoms with Gasteiger partial charge < -0.3 is 14.9 Å². The van der Waals surface area contributed by atoms with Crippen LogP contribution in [-0.2, 0) is 11.8 Å². The summed E-state index contributed by atoms with van der Waals surface area (Å²) in [5.74, 6) is 0.884. The number of carbonyl (C=O) groups is 1. The number of halogens is 1. The summed E-state index contributed by atoms with van der Waals surface area (Å²) in [6.45, 7) is 0. The summed E-state index contributed by atoms with van der Waals surface area (Å²) >= 11 is 7.19. The number of thioether (sulfide) groups is 1. The molecule has 2 aromatic heterocycles. The molecule has 0 aliphatic heterocycles. The molecule has 2 N–H and O–H groups in total. The van der Waals surface area contributed by atoms with Crippen LogP contribution in [0, 0.1) is 0 Å². The van der Waals surface area contributed by atoms with E-state index in [0.717, 1.165) is 22.3 Å². The number of fused-ring (bicyclic) bond motifs is 1. The van der Waals surface area contributed by atoms with E-state index in [4.69, 9.17) is 11.6 Å². The fourth-order valence-electron chi connectivity index (χ4n) is 2.79. The molecule has 27 heavy (non-hydrogen) atoms. The molecule has 0 saturated carbocycles. The molecule has 0 unspecified atom stereocenters. The Hall–Kier alpha value is -2.77. The van der Waals surface area contributed by atoms with Gasteiger partial charge in [0.05, 0.1) is 5.75 Å². The molecule has 0 atom stereocenters. The Bertz CT molecular complexity index is 1100. The third-order valence-electron chi connectivity index (χ3n) is 4.13. The number of aromatic amines is 1. The normalized spacial score (nSPS) is 11.0. The van der Waals surface area contributed by atoms with E-state index >= 15 is 0 Å². The van der Waals surface area contributed by atoms with Crippen LogP contribution in [0.15, 0.2) is 59.9 Å². The summed E-state index contributed by atoms with van der Waals surface area (Å²) in [5, 5.41) is 13.8. The number of anilines is 1. The Kier molecular flexibility index (Phi) is 4.87. The van der Waals surface area contributed by atoms with Crippen LogP contribution < -0.4 is 5.32 Å². The monoisotopic (exact) mass is 397 g/mol. The van der Waals surface area contributed by atoms with Gasteiger partial charge >= 0.3 is 0 Å². The summed E-state index contributed by atoms with van der Waals surface area (Å²) in [6.07, 6.45) is 1.93. The minimum Gasteiger partial charge on any atom is -0.360 e. The van der Waals surface area contributed by atoms with Crippen LogP contribution in [0.25, 0.3) is 22.3 Å². The topological polar surface area (TPSA) is 75.6 Å². The third-order valence-corrected chi connectivity index (χ3v) is 5.40. The summed E-state index contributed by atoms with van der Waals surface area (Å²) < 4.78 is 1.90. The molecular formula is C19H16ClN5OS. The summed E-state index contributed by atoms with van der Waals surface area (Å²) in [4.78, 5) is 15.4. The molecule has 0 saturated heterocycles. The predicted octanol–water partition coefficient (Wildman–Crippen LogP) is 4.35. The Morgan fingerprint density at radius 3 is 2.78 bits per heavy atom. The van der Waals surface area contributed by atoms with Crippen LogP contribution in [0.2, 0.25) is 5.02 Å². The van der Waals surface area contributed by atoms with Gasteiger partial charge in [-0.1, -0.05) is 41.6 Å². The molecule has 2 aromatic carbocycles. The molecular weight excluding hydrogens is 382 g/mol. The number of H-pyrrole nitrogens is 1. The van der Waals surface area contributed by atoms with Gasteiger partial charge in [0.1, 0.15) is 0 Å². The number of hydrogen-bond donors (Lipinski definition) is 2. The summed E-state index contributed by atoms with van der Waals surface area (Å²) in [5.41, 5.74) is 2.74. The Morgan fingerprint density at radius 1 is 1.19 bits per heavy atom. The van der Waals surface area contributed by atoms with E-state index in [2.05, 4.69) is 20.5 Å². The minimum atomic E-state index is -0.112. The lowest BCUT2D eigenvalue weighted by atomic mass is 10.1. The zero-order valence-corrected chi connectivity index (χ0v) is 16.0. The quantitative estimate of drug-likeness (QED) is 0.491. The third kappa shape index (κ3) is 3.70. The molecule has 4 aromatic rings. The highest BCUT2D eigenvalue weighted by Gasteiger charge is 2.15. The average molecular weight is 398 g/mol. The van der Waals surface area contributed by atoms with Crippen molar-refractivity contribution in [3.8, 4) is 11.4 Å². The van der Waals surface area contributed by atoms with Crippen molar-refractivity contribution >= 4 is 45.9 Å². The van der Waals surface area contributed by atoms with Gasteiger partial charge in [0.15, 0.2) is 11.0 Å². The van der Waals surface area contributed by atoms with Crippen molar-refractivity contribution in [2.75, 3.05) is 11.1 Å². The maximum atomic E-state index is 12.2. The molecule has 6 nitrogen and oxygen atoms in total. The van der Waals surface area contributed by atoms with Gasteiger partial charge in [0, 0.05) is 40.4 Å². The fraction of sp³-hybridized carbons (Fsp3) is 0.105. The van der Waals surface area contributed by atoms with Crippen molar-refractivity contribution in [2.24, 2.45) is 7.05 Å². The summed E-state index contributed by atoms with van der Waals surface area (Å²) in [6, 6.07) is 15.0. The van der Waals surface area contributed by atoms with Crippen LogP contribution in [0.4, 0.5) is 5.69 Å². The maximum Gasteiger partial charge on any atom is 0.234 e. The highest BCUT2D eigenvalue weighted by Crippen LogP contribution is 2.29. The lowest BCUT2D eigenvalue weighted by Crippen LogP contribution is -2.14. The Labute approximate surface area is 164 Å². The molecule has 0 bridgehead atoms. The fourth-order valence-corrected chi connectivity index (χ4v) is 3.63. The number of benzene rings is 2. The number of para-hydroxylation sites is 1. The number of carbonyl (C=O) groups excluding carboxylic acids is 1. The first-order chi connectivity index (χ1) is 13.1. The first kappa shape index (κ1) is 17.6. The second kappa shape index (κ2) is 7.46. The van der Waals surface area contributed by atoms with E-state index in [1.807, 2.05) is 42.1 Å². The first-order valence-corrected chi connectivity index (χ1v) is 9.62. The number of amides is 1. The number of hydrogen-bond acceptors (Lipinski definition) is 4. The lowest BCUT2D eigenvalue weighted by molar-refractivity contribution is -0.113. The molecule has 1 amide bonds. The highest BCUT2D eigenvalue weighted by atomic mass is 35.5. The van der Waals surface area contributed by atoms with Crippen molar-refractivity contribution in [1.29, 1.82) is 0 Å². The van der Waals surface area contributed by atoms with Crippen LogP contribution >= 0.6 is 23.4 Å². The van der Waals surface area contributed by atoms with Crippen molar-refractivity contribution in [3.63, 3.8) is 0 Å². The highest BCUT2D eigenvalue weighted by molar-refractivity contribution is 7.99. The SMILES string of the molecule is Cn1c(SCC(=O)Nc2ccc(Cl)cc2)nnc1-c1c[nH]c2ccccc12. The van der Waals surface area contributed by atoms with Crippen molar-refractivity contribution in [2.45, 2.75) is 5.16 Å². The zero-order valence-electron chi connectivity index (χ0n) is 14.4. The van der Waals surface area contributed by atoms with Gasteiger partial charge in [-0.25, -0.2) is 0 Å². The van der Waals surface area contributed by atoms with Gasteiger partial charge in [-0.05, 0) is 30.3 Å². The predicted molar refractivity (Wildman–Crippen MR) is 109 cm³/mol. The molecule has 8 heteroatoms. The Balaban J connectivity index is 1.46. The van der Waals surface area contributed by atoms with Crippen LogP contribution in [-0.4, -0.2) is 31.4 Å². The van der Waals surface area contributed by atoms with Crippen LogP contribution in [0.5, 0.6) is 0 Å². The maximum absolute atomic E-state index is 12.2. The smallest absolute Gasteiger partial charge is 0.234 e. The lowest BCUT2D eigenvalue weighted by Gasteiger charge is -2.05. The van der Waals surface area contributed by atoms with E-state index in [1.165, 1.54) is 11.8 Å². The molecule has 0 fully saturated rings. The van der Waals surface area contributed by atoms with Gasteiger partial charge in [0.25, 0.3) is 0 Å². The van der Waals surface area contributed by atoms with Gasteiger partial charge in [-0.15, -0.1) is 10.2 Å². The standard InChI is InChI=1S/C19H16ClN5OS/c1-25-18(15-10-21-16-5-3-2-4-14(15)16)23-24-19(25)27-11-17(26)22-13-8-6-12(20)7-9-13/h2-10,21H,11H2,1H3,(H,22,26). The number of aromatic nitrogens is 4. The average Bonchev–Trinajstić information content (AvgIpc) is 3.25. The molecule has 4 rings (SSSR count). The minimum absolute atomic E-state index is 0.112. The van der Waals surface area contributed by atoms with Gasteiger partial charge in [-0.3, -0.25) is 4.79 Å². The van der Waals surface area contributed by atoms with E-state index < -0.39 is 0 Å².